The number of benzene rings is 2. The first kappa shape index (κ1) is 15.1. The van der Waals surface area contributed by atoms with Crippen LogP contribution < -0.4 is 0 Å². The first-order chi connectivity index (χ1) is 10.6. The van der Waals surface area contributed by atoms with Crippen LogP contribution in [-0.4, -0.2) is 37.4 Å². The molecule has 1 heterocycles. The summed E-state index contributed by atoms with van der Waals surface area (Å²) in [6.45, 7) is 1.16. The van der Waals surface area contributed by atoms with Crippen molar-refractivity contribution in [3.63, 3.8) is 0 Å². The van der Waals surface area contributed by atoms with Crippen molar-refractivity contribution in [1.29, 1.82) is 0 Å². The number of hydrogen-bond donors (Lipinski definition) is 0. The molecular formula is C18H19NO2S. The maximum atomic E-state index is 11.7. The van der Waals surface area contributed by atoms with E-state index in [1.807, 2.05) is 18.2 Å². The van der Waals surface area contributed by atoms with E-state index in [-0.39, 0.29) is 17.5 Å². The molecule has 1 atom stereocenters. The molecular weight excluding hydrogens is 294 g/mol. The Morgan fingerprint density at radius 2 is 1.95 bits per heavy atom. The highest BCUT2D eigenvalue weighted by Crippen LogP contribution is 2.24. The summed E-state index contributed by atoms with van der Waals surface area (Å²) in [5, 5.41) is 2.40. The second-order valence-corrected chi connectivity index (χ2v) is 8.03. The molecule has 0 amide bonds. The van der Waals surface area contributed by atoms with Crippen molar-refractivity contribution in [2.75, 3.05) is 18.1 Å². The highest BCUT2D eigenvalue weighted by atomic mass is 32.2. The third-order valence-electron chi connectivity index (χ3n) is 4.27. The van der Waals surface area contributed by atoms with E-state index < -0.39 is 9.84 Å². The molecule has 3 rings (SSSR count). The lowest BCUT2D eigenvalue weighted by Gasteiger charge is -2.26. The Balaban J connectivity index is 1.89. The fourth-order valence-corrected chi connectivity index (χ4v) is 4.91. The minimum atomic E-state index is -2.90. The number of hydrogen-bond acceptors (Lipinski definition) is 3. The zero-order chi connectivity index (χ0) is 15.6. The molecule has 0 aromatic heterocycles. The average Bonchev–Trinajstić information content (AvgIpc) is 2.87. The van der Waals surface area contributed by atoms with Crippen molar-refractivity contribution in [1.82, 2.24) is 4.90 Å². The summed E-state index contributed by atoms with van der Waals surface area (Å²) in [6, 6.07) is 14.5. The van der Waals surface area contributed by atoms with Gasteiger partial charge >= 0.3 is 0 Å². The predicted molar refractivity (Wildman–Crippen MR) is 90.2 cm³/mol. The van der Waals surface area contributed by atoms with Crippen molar-refractivity contribution >= 4 is 20.6 Å². The largest absolute Gasteiger partial charge is 0.284 e. The van der Waals surface area contributed by atoms with Crippen molar-refractivity contribution in [2.45, 2.75) is 19.0 Å². The molecule has 0 bridgehead atoms. The predicted octanol–water partition coefficient (Wildman–Crippen LogP) is 2.46. The van der Waals surface area contributed by atoms with Crippen LogP contribution >= 0.6 is 0 Å². The second-order valence-electron chi connectivity index (χ2n) is 5.80. The molecule has 1 unspecified atom stereocenters. The van der Waals surface area contributed by atoms with Crippen molar-refractivity contribution in [3.05, 3.63) is 48.0 Å². The molecule has 0 radical (unpaired) electrons. The van der Waals surface area contributed by atoms with Gasteiger partial charge in [-0.15, -0.1) is 6.42 Å². The first-order valence-electron chi connectivity index (χ1n) is 7.43. The van der Waals surface area contributed by atoms with E-state index in [1.165, 1.54) is 16.3 Å². The molecule has 22 heavy (non-hydrogen) atoms. The van der Waals surface area contributed by atoms with Gasteiger partial charge in [0.25, 0.3) is 0 Å². The number of fused-ring (bicyclic) bond motifs is 1. The normalized spacial score (nSPS) is 20.3. The van der Waals surface area contributed by atoms with Gasteiger partial charge in [-0.05, 0) is 22.8 Å². The number of nitrogens with zero attached hydrogens (tertiary/aromatic N) is 1. The van der Waals surface area contributed by atoms with Crippen molar-refractivity contribution in [3.8, 4) is 12.3 Å². The second kappa shape index (κ2) is 6.12. The Kier molecular flexibility index (Phi) is 4.19. The molecule has 1 aliphatic rings. The Morgan fingerprint density at radius 1 is 1.18 bits per heavy atom. The molecule has 114 valence electrons. The van der Waals surface area contributed by atoms with Crippen LogP contribution in [0.4, 0.5) is 0 Å². The van der Waals surface area contributed by atoms with Crippen LogP contribution in [0.15, 0.2) is 42.5 Å². The van der Waals surface area contributed by atoms with Gasteiger partial charge in [0, 0.05) is 12.6 Å². The molecule has 0 spiro atoms. The lowest BCUT2D eigenvalue weighted by atomic mass is 10.0. The van der Waals surface area contributed by atoms with Gasteiger partial charge in [0.15, 0.2) is 9.84 Å². The molecule has 1 saturated heterocycles. The van der Waals surface area contributed by atoms with Gasteiger partial charge in [-0.1, -0.05) is 48.4 Å². The highest BCUT2D eigenvalue weighted by molar-refractivity contribution is 7.91. The SMILES string of the molecule is C#CCN(Cc1cccc2ccccc12)C1CCS(=O)(=O)C1. The molecule has 2 aromatic rings. The fourth-order valence-electron chi connectivity index (χ4n) is 3.14. The Hall–Kier alpha value is -1.83. The molecule has 2 aromatic carbocycles. The maximum absolute atomic E-state index is 11.7. The Morgan fingerprint density at radius 3 is 2.68 bits per heavy atom. The van der Waals surface area contributed by atoms with E-state index in [0.717, 1.165) is 0 Å². The van der Waals surface area contributed by atoms with E-state index in [4.69, 9.17) is 6.42 Å². The lowest BCUT2D eigenvalue weighted by molar-refractivity contribution is 0.231. The average molecular weight is 313 g/mol. The third-order valence-corrected chi connectivity index (χ3v) is 6.02. The van der Waals surface area contributed by atoms with Crippen LogP contribution in [0, 0.1) is 12.3 Å². The summed E-state index contributed by atoms with van der Waals surface area (Å²) in [7, 11) is -2.90. The van der Waals surface area contributed by atoms with Gasteiger partial charge in [0.05, 0.1) is 18.1 Å². The van der Waals surface area contributed by atoms with Gasteiger partial charge in [0.2, 0.25) is 0 Å². The number of terminal acetylenes is 1. The summed E-state index contributed by atoms with van der Waals surface area (Å²) in [6.07, 6.45) is 6.17. The van der Waals surface area contributed by atoms with E-state index in [9.17, 15) is 8.42 Å². The van der Waals surface area contributed by atoms with Crippen molar-refractivity contribution < 1.29 is 8.42 Å². The first-order valence-corrected chi connectivity index (χ1v) is 9.26. The fraction of sp³-hybridized carbons (Fsp3) is 0.333. The monoisotopic (exact) mass is 313 g/mol. The van der Waals surface area contributed by atoms with E-state index in [2.05, 4.69) is 35.1 Å². The van der Waals surface area contributed by atoms with Crippen LogP contribution in [0.5, 0.6) is 0 Å². The summed E-state index contributed by atoms with van der Waals surface area (Å²) in [4.78, 5) is 2.12. The minimum absolute atomic E-state index is 0.0278. The molecule has 3 nitrogen and oxygen atoms in total. The number of sulfone groups is 1. The van der Waals surface area contributed by atoms with Gasteiger partial charge in [-0.25, -0.2) is 8.42 Å². The third kappa shape index (κ3) is 3.16. The van der Waals surface area contributed by atoms with Crippen LogP contribution in [0.1, 0.15) is 12.0 Å². The summed E-state index contributed by atoms with van der Waals surface area (Å²) in [5.74, 6) is 3.17. The molecule has 0 N–H and O–H groups in total. The van der Waals surface area contributed by atoms with E-state index >= 15 is 0 Å². The topological polar surface area (TPSA) is 37.4 Å². The van der Waals surface area contributed by atoms with E-state index in [1.54, 1.807) is 0 Å². The summed E-state index contributed by atoms with van der Waals surface area (Å²) in [5.41, 5.74) is 1.19. The minimum Gasteiger partial charge on any atom is -0.284 e. The molecule has 0 saturated carbocycles. The highest BCUT2D eigenvalue weighted by Gasteiger charge is 2.32. The molecule has 0 aliphatic carbocycles. The van der Waals surface area contributed by atoms with E-state index in [0.29, 0.717) is 19.5 Å². The molecule has 1 fully saturated rings. The number of rotatable bonds is 4. The Labute approximate surface area is 131 Å². The summed E-state index contributed by atoms with van der Waals surface area (Å²) >= 11 is 0. The zero-order valence-corrected chi connectivity index (χ0v) is 13.2. The lowest BCUT2D eigenvalue weighted by Crippen LogP contribution is -2.36. The van der Waals surface area contributed by atoms with Crippen LogP contribution in [-0.2, 0) is 16.4 Å². The van der Waals surface area contributed by atoms with Gasteiger partial charge in [-0.3, -0.25) is 4.90 Å². The quantitative estimate of drug-likeness (QED) is 0.814. The standard InChI is InChI=1S/C18H19NO2S/c1-2-11-19(17-10-12-22(20,21)14-17)13-16-8-5-7-15-6-3-4-9-18(15)16/h1,3-9,17H,10-14H2. The van der Waals surface area contributed by atoms with Crippen LogP contribution in [0.25, 0.3) is 10.8 Å². The summed E-state index contributed by atoms with van der Waals surface area (Å²) < 4.78 is 23.5. The zero-order valence-electron chi connectivity index (χ0n) is 12.4. The van der Waals surface area contributed by atoms with Crippen LogP contribution in [0.3, 0.4) is 0 Å². The maximum Gasteiger partial charge on any atom is 0.151 e. The van der Waals surface area contributed by atoms with Gasteiger partial charge in [-0.2, -0.15) is 0 Å². The van der Waals surface area contributed by atoms with Gasteiger partial charge in [0.1, 0.15) is 0 Å². The molecule has 1 aliphatic heterocycles. The Bertz CT molecular complexity index is 815. The van der Waals surface area contributed by atoms with Crippen molar-refractivity contribution in [2.24, 2.45) is 0 Å². The van der Waals surface area contributed by atoms with Crippen LogP contribution in [0.2, 0.25) is 0 Å². The molecule has 4 heteroatoms. The van der Waals surface area contributed by atoms with Gasteiger partial charge < -0.3 is 0 Å². The smallest absolute Gasteiger partial charge is 0.151 e.